The standard InChI is InChI=1S/C25H34N6O.HI/c1-3-26-25(29-17-20-14-24(32)30-22-7-5-4-6-21(20)22)28-16-19-8-9-23(27-15-19)31-12-10-18(2)11-13-31;/h4-9,15,18,20H,3,10-14,16-17H2,1-2H3,(H,30,32)(H2,26,28,29);1H. The van der Waals surface area contributed by atoms with Crippen molar-refractivity contribution >= 4 is 47.3 Å². The Morgan fingerprint density at radius 2 is 1.97 bits per heavy atom. The van der Waals surface area contributed by atoms with Crippen LogP contribution in [0.15, 0.2) is 47.6 Å². The molecule has 1 aromatic carbocycles. The first-order valence-corrected chi connectivity index (χ1v) is 11.7. The Labute approximate surface area is 213 Å². The van der Waals surface area contributed by atoms with Gasteiger partial charge in [0.15, 0.2) is 5.96 Å². The van der Waals surface area contributed by atoms with Crippen molar-refractivity contribution in [1.82, 2.24) is 15.6 Å². The van der Waals surface area contributed by atoms with E-state index in [1.54, 1.807) is 0 Å². The highest BCUT2D eigenvalue weighted by atomic mass is 127. The van der Waals surface area contributed by atoms with Crippen molar-refractivity contribution in [1.29, 1.82) is 0 Å². The summed E-state index contributed by atoms with van der Waals surface area (Å²) in [5.41, 5.74) is 3.16. The number of para-hydroxylation sites is 1. The molecule has 1 aromatic heterocycles. The fourth-order valence-corrected chi connectivity index (χ4v) is 4.35. The van der Waals surface area contributed by atoms with Gasteiger partial charge in [0.05, 0.1) is 6.54 Å². The lowest BCUT2D eigenvalue weighted by Crippen LogP contribution is -2.40. The first kappa shape index (κ1) is 25.3. The van der Waals surface area contributed by atoms with E-state index in [9.17, 15) is 4.79 Å². The fraction of sp³-hybridized carbons (Fsp3) is 0.480. The molecule has 1 atom stereocenters. The summed E-state index contributed by atoms with van der Waals surface area (Å²) in [4.78, 5) is 23.9. The molecule has 3 N–H and O–H groups in total. The summed E-state index contributed by atoms with van der Waals surface area (Å²) in [6, 6.07) is 12.2. The number of aromatic nitrogens is 1. The third kappa shape index (κ3) is 6.82. The average molecular weight is 563 g/mol. The van der Waals surface area contributed by atoms with Gasteiger partial charge in [-0.15, -0.1) is 24.0 Å². The fourth-order valence-electron chi connectivity index (χ4n) is 4.35. The third-order valence-corrected chi connectivity index (χ3v) is 6.30. The van der Waals surface area contributed by atoms with Gasteiger partial charge in [-0.1, -0.05) is 31.2 Å². The minimum Gasteiger partial charge on any atom is -0.357 e. The van der Waals surface area contributed by atoms with E-state index in [-0.39, 0.29) is 35.8 Å². The summed E-state index contributed by atoms with van der Waals surface area (Å²) >= 11 is 0. The second kappa shape index (κ2) is 12.2. The van der Waals surface area contributed by atoms with E-state index in [1.807, 2.05) is 24.4 Å². The molecule has 0 aliphatic carbocycles. The lowest BCUT2D eigenvalue weighted by Gasteiger charge is -2.31. The van der Waals surface area contributed by atoms with Gasteiger partial charge in [-0.2, -0.15) is 0 Å². The minimum absolute atomic E-state index is 0. The number of piperidine rings is 1. The predicted octanol–water partition coefficient (Wildman–Crippen LogP) is 4.12. The van der Waals surface area contributed by atoms with E-state index in [2.05, 4.69) is 57.9 Å². The maximum atomic E-state index is 12.1. The number of pyridine rings is 1. The number of benzene rings is 1. The lowest BCUT2D eigenvalue weighted by atomic mass is 9.90. The zero-order valence-corrected chi connectivity index (χ0v) is 21.8. The Balaban J connectivity index is 0.00000306. The van der Waals surface area contributed by atoms with Gasteiger partial charge in [0.2, 0.25) is 5.91 Å². The normalized spacial score (nSPS) is 18.7. The zero-order chi connectivity index (χ0) is 22.3. The molecular formula is C25H35IN6O. The van der Waals surface area contributed by atoms with Crippen LogP contribution in [0.4, 0.5) is 11.5 Å². The van der Waals surface area contributed by atoms with Crippen LogP contribution in [0.2, 0.25) is 0 Å². The van der Waals surface area contributed by atoms with Crippen LogP contribution in [-0.4, -0.2) is 43.0 Å². The van der Waals surface area contributed by atoms with Gasteiger partial charge in [0.1, 0.15) is 5.82 Å². The van der Waals surface area contributed by atoms with E-state index in [0.29, 0.717) is 19.5 Å². The molecule has 0 radical (unpaired) electrons. The molecule has 2 aliphatic rings. The molecule has 1 unspecified atom stereocenters. The van der Waals surface area contributed by atoms with Gasteiger partial charge in [-0.05, 0) is 48.9 Å². The maximum Gasteiger partial charge on any atom is 0.225 e. The number of carbonyl (C=O) groups is 1. The first-order chi connectivity index (χ1) is 15.6. The molecule has 3 heterocycles. The number of hydrogen-bond acceptors (Lipinski definition) is 4. The number of rotatable bonds is 6. The molecule has 33 heavy (non-hydrogen) atoms. The van der Waals surface area contributed by atoms with Crippen LogP contribution in [0, 0.1) is 5.92 Å². The van der Waals surface area contributed by atoms with Crippen molar-refractivity contribution in [3.05, 3.63) is 53.7 Å². The van der Waals surface area contributed by atoms with Crippen LogP contribution in [0.3, 0.4) is 0 Å². The Morgan fingerprint density at radius 1 is 1.18 bits per heavy atom. The second-order valence-corrected chi connectivity index (χ2v) is 8.81. The summed E-state index contributed by atoms with van der Waals surface area (Å²) in [7, 11) is 0. The van der Waals surface area contributed by atoms with Crippen LogP contribution in [0.25, 0.3) is 0 Å². The SMILES string of the molecule is CCNC(=NCc1ccc(N2CCC(C)CC2)nc1)NCC1CC(=O)Nc2ccccc21.I. The van der Waals surface area contributed by atoms with Gasteiger partial charge >= 0.3 is 0 Å². The molecule has 0 bridgehead atoms. The van der Waals surface area contributed by atoms with Crippen LogP contribution in [0.1, 0.15) is 50.2 Å². The molecule has 1 amide bonds. The number of hydrogen-bond donors (Lipinski definition) is 3. The monoisotopic (exact) mass is 562 g/mol. The van der Waals surface area contributed by atoms with Crippen LogP contribution in [0.5, 0.6) is 0 Å². The summed E-state index contributed by atoms with van der Waals surface area (Å²) in [6.45, 7) is 8.53. The Morgan fingerprint density at radius 3 is 2.70 bits per heavy atom. The number of nitrogens with zero attached hydrogens (tertiary/aromatic N) is 3. The number of anilines is 2. The molecule has 1 fully saturated rings. The quantitative estimate of drug-likeness (QED) is 0.281. The second-order valence-electron chi connectivity index (χ2n) is 8.81. The number of carbonyl (C=O) groups excluding carboxylic acids is 1. The summed E-state index contributed by atoms with van der Waals surface area (Å²) in [6.07, 6.45) is 4.88. The molecule has 0 spiro atoms. The van der Waals surface area contributed by atoms with Crippen molar-refractivity contribution in [3.63, 3.8) is 0 Å². The highest BCUT2D eigenvalue weighted by Gasteiger charge is 2.24. The molecule has 0 saturated carbocycles. The van der Waals surface area contributed by atoms with E-state index >= 15 is 0 Å². The Bertz CT molecular complexity index is 940. The van der Waals surface area contributed by atoms with Crippen LogP contribution in [-0.2, 0) is 11.3 Å². The van der Waals surface area contributed by atoms with E-state index in [4.69, 9.17) is 4.99 Å². The molecule has 8 heteroatoms. The molecule has 7 nitrogen and oxygen atoms in total. The van der Waals surface area contributed by atoms with Crippen molar-refractivity contribution < 1.29 is 4.79 Å². The summed E-state index contributed by atoms with van der Waals surface area (Å²) < 4.78 is 0. The average Bonchev–Trinajstić information content (AvgIpc) is 2.81. The Hall–Kier alpha value is -2.36. The number of aliphatic imine (C=N–C) groups is 1. The summed E-state index contributed by atoms with van der Waals surface area (Å²) in [5, 5.41) is 9.68. The van der Waals surface area contributed by atoms with Crippen LogP contribution >= 0.6 is 24.0 Å². The molecule has 1 saturated heterocycles. The van der Waals surface area contributed by atoms with Gasteiger partial charge in [-0.25, -0.2) is 9.98 Å². The molecule has 2 aliphatic heterocycles. The number of guanidine groups is 1. The highest BCUT2D eigenvalue weighted by molar-refractivity contribution is 14.0. The predicted molar refractivity (Wildman–Crippen MR) is 146 cm³/mol. The van der Waals surface area contributed by atoms with Crippen LogP contribution < -0.4 is 20.9 Å². The van der Waals surface area contributed by atoms with Crippen molar-refractivity contribution in [2.75, 3.05) is 36.4 Å². The van der Waals surface area contributed by atoms with Gasteiger partial charge in [0, 0.05) is 50.4 Å². The highest BCUT2D eigenvalue weighted by Crippen LogP contribution is 2.31. The lowest BCUT2D eigenvalue weighted by molar-refractivity contribution is -0.116. The largest absolute Gasteiger partial charge is 0.357 e. The number of fused-ring (bicyclic) bond motifs is 1. The Kier molecular flexibility index (Phi) is 9.34. The number of amides is 1. The van der Waals surface area contributed by atoms with Gasteiger partial charge < -0.3 is 20.9 Å². The third-order valence-electron chi connectivity index (χ3n) is 6.30. The smallest absolute Gasteiger partial charge is 0.225 e. The minimum atomic E-state index is 0. The van der Waals surface area contributed by atoms with Crippen molar-refractivity contribution in [2.45, 2.75) is 45.6 Å². The van der Waals surface area contributed by atoms with E-state index in [1.165, 1.54) is 18.4 Å². The van der Waals surface area contributed by atoms with Gasteiger partial charge in [-0.3, -0.25) is 4.79 Å². The topological polar surface area (TPSA) is 81.7 Å². The van der Waals surface area contributed by atoms with Crippen molar-refractivity contribution in [3.8, 4) is 0 Å². The van der Waals surface area contributed by atoms with E-state index in [0.717, 1.165) is 48.6 Å². The number of nitrogens with one attached hydrogen (secondary N) is 3. The molecule has 2 aromatic rings. The van der Waals surface area contributed by atoms with Crippen molar-refractivity contribution in [2.24, 2.45) is 10.9 Å². The maximum absolute atomic E-state index is 12.1. The molecular weight excluding hydrogens is 527 g/mol. The number of halogens is 1. The first-order valence-electron chi connectivity index (χ1n) is 11.7. The van der Waals surface area contributed by atoms with Gasteiger partial charge in [0.25, 0.3) is 0 Å². The summed E-state index contributed by atoms with van der Waals surface area (Å²) in [5.74, 6) is 2.81. The van der Waals surface area contributed by atoms with E-state index < -0.39 is 0 Å². The molecule has 4 rings (SSSR count). The molecule has 178 valence electrons. The zero-order valence-electron chi connectivity index (χ0n) is 19.5.